The Morgan fingerprint density at radius 3 is 2.88 bits per heavy atom. The second-order valence-electron chi connectivity index (χ2n) is 3.55. The van der Waals surface area contributed by atoms with Gasteiger partial charge >= 0.3 is 0 Å². The third-order valence-corrected chi connectivity index (χ3v) is 2.27. The molecule has 1 amide bonds. The molecule has 2 N–H and O–H groups in total. The molecule has 5 heteroatoms. The fourth-order valence-corrected chi connectivity index (χ4v) is 1.55. The van der Waals surface area contributed by atoms with Crippen LogP contribution in [-0.4, -0.2) is 29.3 Å². The highest BCUT2D eigenvalue weighted by molar-refractivity contribution is 5.94. The van der Waals surface area contributed by atoms with Crippen LogP contribution >= 0.6 is 0 Å². The van der Waals surface area contributed by atoms with E-state index in [1.54, 1.807) is 17.9 Å². The third kappa shape index (κ3) is 2.70. The summed E-state index contributed by atoms with van der Waals surface area (Å²) in [4.78, 5) is 11.5. The van der Waals surface area contributed by atoms with Crippen LogP contribution in [0.1, 0.15) is 0 Å². The maximum absolute atomic E-state index is 11.5. The van der Waals surface area contributed by atoms with Gasteiger partial charge in [0.05, 0.1) is 17.9 Å². The van der Waals surface area contributed by atoms with Crippen molar-refractivity contribution < 1.29 is 4.79 Å². The Kier molecular flexibility index (Phi) is 3.52. The molecule has 0 radical (unpaired) electrons. The number of para-hydroxylation sites is 2. The number of carbonyl (C=O) groups excluding carboxylic acids is 1. The van der Waals surface area contributed by atoms with Crippen LogP contribution in [0.2, 0.25) is 0 Å². The van der Waals surface area contributed by atoms with Crippen molar-refractivity contribution >= 4 is 11.6 Å². The summed E-state index contributed by atoms with van der Waals surface area (Å²) in [6.07, 6.45) is 3.54. The van der Waals surface area contributed by atoms with Gasteiger partial charge in [0.25, 0.3) is 0 Å². The average Bonchev–Trinajstić information content (AvgIpc) is 2.83. The molecule has 0 saturated heterocycles. The van der Waals surface area contributed by atoms with Gasteiger partial charge in [0.1, 0.15) is 0 Å². The standard InChI is InChI=1S/C12H14N4O/c1-13-9-12(17)15-10-5-2-3-6-11(10)16-8-4-7-14-16/h2-8,13H,9H2,1H3,(H,15,17). The largest absolute Gasteiger partial charge is 0.323 e. The van der Waals surface area contributed by atoms with Crippen LogP contribution in [-0.2, 0) is 4.79 Å². The van der Waals surface area contributed by atoms with Crippen molar-refractivity contribution in [2.75, 3.05) is 18.9 Å². The quantitative estimate of drug-likeness (QED) is 0.824. The highest BCUT2D eigenvalue weighted by atomic mass is 16.1. The number of aromatic nitrogens is 2. The Balaban J connectivity index is 2.25. The normalized spacial score (nSPS) is 10.2. The first-order valence-electron chi connectivity index (χ1n) is 5.35. The molecule has 5 nitrogen and oxygen atoms in total. The van der Waals surface area contributed by atoms with Crippen molar-refractivity contribution in [1.29, 1.82) is 0 Å². The molecule has 0 saturated carbocycles. The number of likely N-dealkylation sites (N-methyl/N-ethyl adjacent to an activating group) is 1. The highest BCUT2D eigenvalue weighted by Crippen LogP contribution is 2.18. The first-order chi connectivity index (χ1) is 8.31. The lowest BCUT2D eigenvalue weighted by Crippen LogP contribution is -2.25. The summed E-state index contributed by atoms with van der Waals surface area (Å²) >= 11 is 0. The summed E-state index contributed by atoms with van der Waals surface area (Å²) in [5.74, 6) is -0.0768. The molecular weight excluding hydrogens is 216 g/mol. The minimum atomic E-state index is -0.0768. The minimum Gasteiger partial charge on any atom is -0.323 e. The summed E-state index contributed by atoms with van der Waals surface area (Å²) in [6.45, 7) is 0.285. The van der Waals surface area contributed by atoms with Crippen LogP contribution in [0.3, 0.4) is 0 Å². The number of hydrogen-bond acceptors (Lipinski definition) is 3. The van der Waals surface area contributed by atoms with E-state index < -0.39 is 0 Å². The third-order valence-electron chi connectivity index (χ3n) is 2.27. The Morgan fingerprint density at radius 2 is 2.18 bits per heavy atom. The van der Waals surface area contributed by atoms with E-state index in [1.807, 2.05) is 36.5 Å². The highest BCUT2D eigenvalue weighted by Gasteiger charge is 2.06. The first-order valence-corrected chi connectivity index (χ1v) is 5.35. The van der Waals surface area contributed by atoms with Crippen molar-refractivity contribution in [1.82, 2.24) is 15.1 Å². The van der Waals surface area contributed by atoms with Crippen LogP contribution in [0.15, 0.2) is 42.7 Å². The molecule has 0 unspecified atom stereocenters. The van der Waals surface area contributed by atoms with E-state index in [9.17, 15) is 4.79 Å². The fraction of sp³-hybridized carbons (Fsp3) is 0.167. The zero-order valence-corrected chi connectivity index (χ0v) is 9.55. The lowest BCUT2D eigenvalue weighted by atomic mass is 10.2. The van der Waals surface area contributed by atoms with Gasteiger partial charge in [-0.2, -0.15) is 5.10 Å². The van der Waals surface area contributed by atoms with Crippen molar-refractivity contribution in [3.8, 4) is 5.69 Å². The van der Waals surface area contributed by atoms with E-state index in [-0.39, 0.29) is 12.5 Å². The van der Waals surface area contributed by atoms with E-state index in [2.05, 4.69) is 15.7 Å². The monoisotopic (exact) mass is 230 g/mol. The van der Waals surface area contributed by atoms with Crippen LogP contribution in [0.5, 0.6) is 0 Å². The number of nitrogens with zero attached hydrogens (tertiary/aromatic N) is 2. The molecular formula is C12H14N4O. The van der Waals surface area contributed by atoms with Gasteiger partial charge in [-0.25, -0.2) is 4.68 Å². The Labute approximate surface area is 99.5 Å². The molecule has 0 fully saturated rings. The molecule has 2 aromatic rings. The summed E-state index contributed by atoms with van der Waals surface area (Å²) < 4.78 is 1.72. The lowest BCUT2D eigenvalue weighted by Gasteiger charge is -2.10. The van der Waals surface area contributed by atoms with Gasteiger partial charge in [-0.15, -0.1) is 0 Å². The van der Waals surface area contributed by atoms with E-state index in [0.717, 1.165) is 11.4 Å². The SMILES string of the molecule is CNCC(=O)Nc1ccccc1-n1cccn1. The number of rotatable bonds is 4. The van der Waals surface area contributed by atoms with Crippen molar-refractivity contribution in [2.45, 2.75) is 0 Å². The van der Waals surface area contributed by atoms with Crippen LogP contribution < -0.4 is 10.6 Å². The predicted molar refractivity (Wildman–Crippen MR) is 66.1 cm³/mol. The van der Waals surface area contributed by atoms with E-state index >= 15 is 0 Å². The Morgan fingerprint density at radius 1 is 1.35 bits per heavy atom. The van der Waals surface area contributed by atoms with Crippen molar-refractivity contribution in [3.05, 3.63) is 42.7 Å². The van der Waals surface area contributed by atoms with E-state index in [0.29, 0.717) is 0 Å². The van der Waals surface area contributed by atoms with E-state index in [4.69, 9.17) is 0 Å². The zero-order chi connectivity index (χ0) is 12.1. The molecule has 0 spiro atoms. The number of nitrogens with one attached hydrogen (secondary N) is 2. The van der Waals surface area contributed by atoms with Crippen LogP contribution in [0.25, 0.3) is 5.69 Å². The molecule has 2 rings (SSSR count). The molecule has 0 bridgehead atoms. The van der Waals surface area contributed by atoms with Gasteiger partial charge < -0.3 is 10.6 Å². The van der Waals surface area contributed by atoms with Gasteiger partial charge in [0, 0.05) is 12.4 Å². The predicted octanol–water partition coefficient (Wildman–Crippen LogP) is 1.03. The van der Waals surface area contributed by atoms with Crippen molar-refractivity contribution in [3.63, 3.8) is 0 Å². The van der Waals surface area contributed by atoms with E-state index in [1.165, 1.54) is 0 Å². The first kappa shape index (κ1) is 11.3. The second kappa shape index (κ2) is 5.27. The molecule has 17 heavy (non-hydrogen) atoms. The number of anilines is 1. The Hall–Kier alpha value is -2.14. The molecule has 0 aliphatic rings. The summed E-state index contributed by atoms with van der Waals surface area (Å²) in [7, 11) is 1.74. The van der Waals surface area contributed by atoms with Crippen LogP contribution in [0.4, 0.5) is 5.69 Å². The number of amides is 1. The van der Waals surface area contributed by atoms with Gasteiger partial charge in [0.2, 0.25) is 5.91 Å². The number of benzene rings is 1. The topological polar surface area (TPSA) is 59.0 Å². The molecule has 0 atom stereocenters. The average molecular weight is 230 g/mol. The summed E-state index contributed by atoms with van der Waals surface area (Å²) in [6, 6.07) is 9.38. The molecule has 1 aromatic carbocycles. The number of hydrogen-bond donors (Lipinski definition) is 2. The summed E-state index contributed by atoms with van der Waals surface area (Å²) in [5, 5.41) is 9.80. The maximum Gasteiger partial charge on any atom is 0.238 e. The lowest BCUT2D eigenvalue weighted by molar-refractivity contribution is -0.115. The van der Waals surface area contributed by atoms with Gasteiger partial charge in [-0.3, -0.25) is 4.79 Å². The van der Waals surface area contributed by atoms with Crippen molar-refractivity contribution in [2.24, 2.45) is 0 Å². The molecule has 0 aliphatic carbocycles. The molecule has 88 valence electrons. The molecule has 1 heterocycles. The summed E-state index contributed by atoms with van der Waals surface area (Å²) in [5.41, 5.74) is 1.60. The molecule has 1 aromatic heterocycles. The van der Waals surface area contributed by atoms with Gasteiger partial charge in [-0.05, 0) is 25.2 Å². The van der Waals surface area contributed by atoms with Crippen LogP contribution in [0, 0.1) is 0 Å². The van der Waals surface area contributed by atoms with Gasteiger partial charge in [-0.1, -0.05) is 12.1 Å². The number of carbonyl (C=O) groups is 1. The zero-order valence-electron chi connectivity index (χ0n) is 9.55. The smallest absolute Gasteiger partial charge is 0.238 e. The van der Waals surface area contributed by atoms with Gasteiger partial charge in [0.15, 0.2) is 0 Å². The molecule has 0 aliphatic heterocycles. The fourth-order valence-electron chi connectivity index (χ4n) is 1.55. The second-order valence-corrected chi connectivity index (χ2v) is 3.55. The Bertz CT molecular complexity index is 493. The maximum atomic E-state index is 11.5. The minimum absolute atomic E-state index is 0.0768.